The number of amides is 1. The van der Waals surface area contributed by atoms with E-state index in [1.54, 1.807) is 19.1 Å². The van der Waals surface area contributed by atoms with Crippen LogP contribution in [0.5, 0.6) is 5.75 Å². The predicted molar refractivity (Wildman–Crippen MR) is 61.1 cm³/mol. The highest BCUT2D eigenvalue weighted by atomic mass is 16.5. The zero-order valence-electron chi connectivity index (χ0n) is 8.99. The van der Waals surface area contributed by atoms with Gasteiger partial charge >= 0.3 is 0 Å². The van der Waals surface area contributed by atoms with Crippen molar-refractivity contribution in [3.8, 4) is 5.75 Å². The van der Waals surface area contributed by atoms with Gasteiger partial charge in [0.1, 0.15) is 5.75 Å². The smallest absolute Gasteiger partial charge is 0.248 e. The number of hydrogen-bond acceptors (Lipinski definition) is 2. The Balaban J connectivity index is 2.68. The van der Waals surface area contributed by atoms with Gasteiger partial charge in [0, 0.05) is 11.8 Å². The summed E-state index contributed by atoms with van der Waals surface area (Å²) in [7, 11) is 0. The Morgan fingerprint density at radius 2 is 2.33 bits per heavy atom. The van der Waals surface area contributed by atoms with Gasteiger partial charge in [-0.15, -0.1) is 0 Å². The molecule has 0 saturated carbocycles. The first-order valence-corrected chi connectivity index (χ1v) is 4.92. The molecule has 1 rings (SSSR count). The monoisotopic (exact) mass is 205 g/mol. The third-order valence-corrected chi connectivity index (χ3v) is 1.73. The maximum absolute atomic E-state index is 11.2. The van der Waals surface area contributed by atoms with Crippen molar-refractivity contribution in [2.75, 3.05) is 11.9 Å². The summed E-state index contributed by atoms with van der Waals surface area (Å²) >= 11 is 0. The van der Waals surface area contributed by atoms with Crippen molar-refractivity contribution in [2.45, 2.75) is 13.8 Å². The third kappa shape index (κ3) is 3.85. The van der Waals surface area contributed by atoms with E-state index in [1.807, 2.05) is 25.1 Å². The summed E-state index contributed by atoms with van der Waals surface area (Å²) in [4.78, 5) is 11.2. The van der Waals surface area contributed by atoms with Gasteiger partial charge in [-0.25, -0.2) is 0 Å². The van der Waals surface area contributed by atoms with E-state index in [2.05, 4.69) is 5.32 Å². The van der Waals surface area contributed by atoms with Crippen molar-refractivity contribution in [1.82, 2.24) is 0 Å². The van der Waals surface area contributed by atoms with E-state index in [-0.39, 0.29) is 5.91 Å². The number of allylic oxidation sites excluding steroid dienone is 1. The number of nitrogens with one attached hydrogen (secondary N) is 1. The SMILES string of the molecule is CC=CC(=O)Nc1cccc(OCC)c1. The van der Waals surface area contributed by atoms with Gasteiger partial charge in [-0.3, -0.25) is 4.79 Å². The minimum atomic E-state index is -0.133. The Morgan fingerprint density at radius 1 is 1.53 bits per heavy atom. The van der Waals surface area contributed by atoms with Crippen LogP contribution in [-0.4, -0.2) is 12.5 Å². The van der Waals surface area contributed by atoms with Gasteiger partial charge in [0.2, 0.25) is 5.91 Å². The largest absolute Gasteiger partial charge is 0.494 e. The molecule has 0 aliphatic carbocycles. The zero-order chi connectivity index (χ0) is 11.1. The molecule has 0 saturated heterocycles. The van der Waals surface area contributed by atoms with Crippen LogP contribution in [0, 0.1) is 0 Å². The molecular weight excluding hydrogens is 190 g/mol. The first kappa shape index (κ1) is 11.3. The van der Waals surface area contributed by atoms with Crippen LogP contribution >= 0.6 is 0 Å². The highest BCUT2D eigenvalue weighted by molar-refractivity contribution is 5.99. The van der Waals surface area contributed by atoms with Crippen molar-refractivity contribution >= 4 is 11.6 Å². The molecule has 0 unspecified atom stereocenters. The maximum Gasteiger partial charge on any atom is 0.248 e. The summed E-state index contributed by atoms with van der Waals surface area (Å²) < 4.78 is 5.32. The lowest BCUT2D eigenvalue weighted by Gasteiger charge is -2.06. The van der Waals surface area contributed by atoms with Gasteiger partial charge in [-0.2, -0.15) is 0 Å². The van der Waals surface area contributed by atoms with Crippen molar-refractivity contribution < 1.29 is 9.53 Å². The fraction of sp³-hybridized carbons (Fsp3) is 0.250. The van der Waals surface area contributed by atoms with Gasteiger partial charge in [0.05, 0.1) is 6.61 Å². The van der Waals surface area contributed by atoms with Crippen LogP contribution in [0.4, 0.5) is 5.69 Å². The lowest BCUT2D eigenvalue weighted by atomic mass is 10.3. The van der Waals surface area contributed by atoms with Crippen LogP contribution in [0.1, 0.15) is 13.8 Å². The molecule has 3 heteroatoms. The quantitative estimate of drug-likeness (QED) is 0.767. The molecule has 0 radical (unpaired) electrons. The number of carbonyl (C=O) groups is 1. The van der Waals surface area contributed by atoms with Crippen LogP contribution in [0.25, 0.3) is 0 Å². The molecule has 15 heavy (non-hydrogen) atoms. The lowest BCUT2D eigenvalue weighted by molar-refractivity contribution is -0.111. The van der Waals surface area contributed by atoms with Crippen LogP contribution in [0.2, 0.25) is 0 Å². The molecule has 1 aromatic carbocycles. The average molecular weight is 205 g/mol. The highest BCUT2D eigenvalue weighted by Gasteiger charge is 1.98. The molecule has 0 fully saturated rings. The van der Waals surface area contributed by atoms with Crippen LogP contribution < -0.4 is 10.1 Å². The maximum atomic E-state index is 11.2. The zero-order valence-corrected chi connectivity index (χ0v) is 8.99. The van der Waals surface area contributed by atoms with E-state index in [0.717, 1.165) is 11.4 Å². The Bertz CT molecular complexity index is 358. The summed E-state index contributed by atoms with van der Waals surface area (Å²) in [6, 6.07) is 7.32. The fourth-order valence-electron chi connectivity index (χ4n) is 1.17. The number of ether oxygens (including phenoxy) is 1. The Labute approximate surface area is 89.8 Å². The van der Waals surface area contributed by atoms with Crippen LogP contribution in [0.15, 0.2) is 36.4 Å². The van der Waals surface area contributed by atoms with Gasteiger partial charge in [0.15, 0.2) is 0 Å². The standard InChI is InChI=1S/C12H15NO2/c1-3-6-12(14)13-10-7-5-8-11(9-10)15-4-2/h3,5-9H,4H2,1-2H3,(H,13,14). The van der Waals surface area contributed by atoms with Crippen molar-refractivity contribution in [3.05, 3.63) is 36.4 Å². The Morgan fingerprint density at radius 3 is 3.00 bits per heavy atom. The highest BCUT2D eigenvalue weighted by Crippen LogP contribution is 2.17. The van der Waals surface area contributed by atoms with Crippen LogP contribution in [0.3, 0.4) is 0 Å². The summed E-state index contributed by atoms with van der Waals surface area (Å²) in [5.74, 6) is 0.627. The molecule has 3 nitrogen and oxygen atoms in total. The van der Waals surface area contributed by atoms with Crippen LogP contribution in [-0.2, 0) is 4.79 Å². The minimum Gasteiger partial charge on any atom is -0.494 e. The number of carbonyl (C=O) groups excluding carboxylic acids is 1. The second-order valence-electron chi connectivity index (χ2n) is 2.95. The first-order valence-electron chi connectivity index (χ1n) is 4.92. The minimum absolute atomic E-state index is 0.133. The van der Waals surface area contributed by atoms with E-state index >= 15 is 0 Å². The molecule has 0 aliphatic rings. The van der Waals surface area contributed by atoms with E-state index < -0.39 is 0 Å². The first-order chi connectivity index (χ1) is 7.26. The predicted octanol–water partition coefficient (Wildman–Crippen LogP) is 2.60. The molecule has 1 amide bonds. The van der Waals surface area contributed by atoms with Gasteiger partial charge in [-0.1, -0.05) is 12.1 Å². The topological polar surface area (TPSA) is 38.3 Å². The fourth-order valence-corrected chi connectivity index (χ4v) is 1.17. The summed E-state index contributed by atoms with van der Waals surface area (Å²) in [6.07, 6.45) is 3.18. The number of anilines is 1. The Kier molecular flexibility index (Phi) is 4.41. The van der Waals surface area contributed by atoms with E-state index in [4.69, 9.17) is 4.74 Å². The second-order valence-corrected chi connectivity index (χ2v) is 2.95. The summed E-state index contributed by atoms with van der Waals surface area (Å²) in [5.41, 5.74) is 0.740. The average Bonchev–Trinajstić information content (AvgIpc) is 2.19. The molecule has 0 spiro atoms. The molecule has 0 atom stereocenters. The van der Waals surface area contributed by atoms with Crippen molar-refractivity contribution in [1.29, 1.82) is 0 Å². The number of hydrogen-bond donors (Lipinski definition) is 1. The van der Waals surface area contributed by atoms with Gasteiger partial charge in [-0.05, 0) is 32.1 Å². The Hall–Kier alpha value is -1.77. The van der Waals surface area contributed by atoms with Gasteiger partial charge < -0.3 is 10.1 Å². The third-order valence-electron chi connectivity index (χ3n) is 1.73. The molecule has 80 valence electrons. The molecule has 1 N–H and O–H groups in total. The summed E-state index contributed by atoms with van der Waals surface area (Å²) in [6.45, 7) is 4.34. The second kappa shape index (κ2) is 5.86. The molecule has 0 aromatic heterocycles. The normalized spacial score (nSPS) is 10.3. The lowest BCUT2D eigenvalue weighted by Crippen LogP contribution is -2.07. The van der Waals surface area contributed by atoms with Crippen molar-refractivity contribution in [2.24, 2.45) is 0 Å². The molecule has 0 bridgehead atoms. The van der Waals surface area contributed by atoms with Crippen molar-refractivity contribution in [3.63, 3.8) is 0 Å². The van der Waals surface area contributed by atoms with E-state index in [9.17, 15) is 4.79 Å². The van der Waals surface area contributed by atoms with Gasteiger partial charge in [0.25, 0.3) is 0 Å². The van der Waals surface area contributed by atoms with E-state index in [1.165, 1.54) is 6.08 Å². The molecule has 0 heterocycles. The number of benzene rings is 1. The molecule has 1 aromatic rings. The van der Waals surface area contributed by atoms with E-state index in [0.29, 0.717) is 6.61 Å². The number of rotatable bonds is 4. The summed E-state index contributed by atoms with van der Waals surface area (Å²) in [5, 5.41) is 2.74. The molecule has 0 aliphatic heterocycles. The molecular formula is C12H15NO2.